The highest BCUT2D eigenvalue weighted by Gasteiger charge is 2.11. The van der Waals surface area contributed by atoms with E-state index in [9.17, 15) is 4.79 Å². The van der Waals surface area contributed by atoms with E-state index >= 15 is 0 Å². The Hall–Kier alpha value is -1.12. The van der Waals surface area contributed by atoms with E-state index in [1.54, 1.807) is 30.8 Å². The number of nitrogen functional groups attached to an aromatic ring is 1. The van der Waals surface area contributed by atoms with E-state index < -0.39 is 0 Å². The number of carbonyl (C=O) groups is 1. The summed E-state index contributed by atoms with van der Waals surface area (Å²) in [6, 6.07) is 0. The maximum absolute atomic E-state index is 11.6. The van der Waals surface area contributed by atoms with Crippen LogP contribution >= 0.6 is 34.4 Å². The Morgan fingerprint density at radius 3 is 2.80 bits per heavy atom. The maximum atomic E-state index is 11.6. The molecule has 2 N–H and O–H groups in total. The first-order valence-corrected chi connectivity index (χ1v) is 8.63. The van der Waals surface area contributed by atoms with Crippen molar-refractivity contribution in [1.29, 1.82) is 0 Å². The van der Waals surface area contributed by atoms with Gasteiger partial charge in [0.2, 0.25) is 5.91 Å². The maximum Gasteiger partial charge on any atom is 0.228 e. The third-order valence-corrected chi connectivity index (χ3v) is 5.80. The van der Waals surface area contributed by atoms with Crippen LogP contribution in [0.3, 0.4) is 0 Å². The summed E-state index contributed by atoms with van der Waals surface area (Å²) in [6.45, 7) is 1.96. The zero-order chi connectivity index (χ0) is 14.7. The molecule has 5 nitrogen and oxygen atoms in total. The lowest BCUT2D eigenvalue weighted by Crippen LogP contribution is -2.23. The van der Waals surface area contributed by atoms with Crippen molar-refractivity contribution in [3.05, 3.63) is 21.8 Å². The average Bonchev–Trinajstić information content (AvgIpc) is 2.93. The molecule has 108 valence electrons. The van der Waals surface area contributed by atoms with Crippen molar-refractivity contribution >= 4 is 45.5 Å². The van der Waals surface area contributed by atoms with Crippen molar-refractivity contribution in [3.63, 3.8) is 0 Å². The van der Waals surface area contributed by atoms with Crippen molar-refractivity contribution in [1.82, 2.24) is 14.9 Å². The van der Waals surface area contributed by atoms with Crippen LogP contribution in [0.4, 0.5) is 5.13 Å². The summed E-state index contributed by atoms with van der Waals surface area (Å²) in [5.41, 5.74) is 7.64. The highest BCUT2D eigenvalue weighted by molar-refractivity contribution is 8.00. The fraction of sp³-hybridized carbons (Fsp3) is 0.417. The number of carbonyl (C=O) groups excluding carboxylic acids is 1. The van der Waals surface area contributed by atoms with Gasteiger partial charge in [0.15, 0.2) is 5.13 Å². The summed E-state index contributed by atoms with van der Waals surface area (Å²) in [7, 11) is 3.51. The Labute approximate surface area is 130 Å². The zero-order valence-corrected chi connectivity index (χ0v) is 14.0. The third-order valence-electron chi connectivity index (χ3n) is 2.52. The summed E-state index contributed by atoms with van der Waals surface area (Å²) in [5.74, 6) is 0.847. The first-order valence-electron chi connectivity index (χ1n) is 5.95. The molecule has 2 rings (SSSR count). The molecule has 20 heavy (non-hydrogen) atoms. The van der Waals surface area contributed by atoms with Crippen LogP contribution < -0.4 is 5.73 Å². The predicted molar refractivity (Wildman–Crippen MR) is 85.3 cm³/mol. The Morgan fingerprint density at radius 2 is 2.20 bits per heavy atom. The summed E-state index contributed by atoms with van der Waals surface area (Å²) in [4.78, 5) is 21.9. The number of rotatable bonds is 5. The Kier molecular flexibility index (Phi) is 5.00. The van der Waals surface area contributed by atoms with E-state index in [4.69, 9.17) is 5.73 Å². The molecule has 0 unspecified atom stereocenters. The first kappa shape index (κ1) is 15.3. The van der Waals surface area contributed by atoms with E-state index in [1.807, 2.05) is 12.3 Å². The molecule has 0 aliphatic carbocycles. The van der Waals surface area contributed by atoms with Gasteiger partial charge >= 0.3 is 0 Å². The van der Waals surface area contributed by atoms with Gasteiger partial charge in [-0.05, 0) is 6.92 Å². The molecule has 2 heterocycles. The standard InChI is InChI=1S/C12H16N4OS3/c1-7-11(20-12(13)14-7)19-6-8-5-18-9(15-8)4-10(17)16(2)3/h5H,4,6H2,1-3H3,(H2,13,14). The molecule has 0 fully saturated rings. The Bertz CT molecular complexity index is 606. The van der Waals surface area contributed by atoms with Crippen molar-refractivity contribution in [2.75, 3.05) is 19.8 Å². The molecule has 2 aromatic heterocycles. The van der Waals surface area contributed by atoms with Crippen molar-refractivity contribution in [2.24, 2.45) is 0 Å². The molecule has 0 saturated heterocycles. The number of likely N-dealkylation sites (N-methyl/N-ethyl adjacent to an activating group) is 1. The van der Waals surface area contributed by atoms with Gasteiger partial charge in [0.1, 0.15) is 5.01 Å². The first-order chi connectivity index (χ1) is 9.45. The van der Waals surface area contributed by atoms with Gasteiger partial charge in [-0.25, -0.2) is 9.97 Å². The number of amides is 1. The van der Waals surface area contributed by atoms with Crippen LogP contribution in [-0.2, 0) is 17.0 Å². The summed E-state index contributed by atoms with van der Waals surface area (Å²) >= 11 is 4.71. The van der Waals surface area contributed by atoms with E-state index in [-0.39, 0.29) is 5.91 Å². The molecule has 0 aliphatic rings. The predicted octanol–water partition coefficient (Wildman–Crippen LogP) is 2.41. The average molecular weight is 328 g/mol. The minimum absolute atomic E-state index is 0.0737. The van der Waals surface area contributed by atoms with E-state index in [0.717, 1.165) is 26.4 Å². The quantitative estimate of drug-likeness (QED) is 0.853. The molecule has 0 radical (unpaired) electrons. The second-order valence-electron chi connectivity index (χ2n) is 4.41. The van der Waals surface area contributed by atoms with E-state index in [2.05, 4.69) is 9.97 Å². The summed E-state index contributed by atoms with van der Waals surface area (Å²) in [5, 5.41) is 3.46. The lowest BCUT2D eigenvalue weighted by Gasteiger charge is -2.07. The summed E-state index contributed by atoms with van der Waals surface area (Å²) < 4.78 is 1.13. The van der Waals surface area contributed by atoms with Gasteiger partial charge in [0.05, 0.1) is 22.0 Å². The Morgan fingerprint density at radius 1 is 1.45 bits per heavy atom. The second-order valence-corrected chi connectivity index (χ2v) is 7.63. The number of anilines is 1. The van der Waals surface area contributed by atoms with E-state index in [1.165, 1.54) is 22.7 Å². The molecule has 2 aromatic rings. The number of nitrogens with zero attached hydrogens (tertiary/aromatic N) is 3. The number of thiazole rings is 2. The van der Waals surface area contributed by atoms with Crippen LogP contribution in [-0.4, -0.2) is 34.9 Å². The molecular formula is C12H16N4OS3. The van der Waals surface area contributed by atoms with E-state index in [0.29, 0.717) is 11.6 Å². The van der Waals surface area contributed by atoms with Gasteiger partial charge < -0.3 is 10.6 Å². The minimum Gasteiger partial charge on any atom is -0.375 e. The van der Waals surface area contributed by atoms with Gasteiger partial charge in [0, 0.05) is 25.2 Å². The topological polar surface area (TPSA) is 72.1 Å². The zero-order valence-electron chi connectivity index (χ0n) is 11.5. The fourth-order valence-corrected chi connectivity index (χ4v) is 4.27. The third kappa shape index (κ3) is 3.94. The van der Waals surface area contributed by atoms with Gasteiger partial charge in [-0.3, -0.25) is 4.79 Å². The number of aromatic nitrogens is 2. The fourth-order valence-electron chi connectivity index (χ4n) is 1.46. The largest absolute Gasteiger partial charge is 0.375 e. The van der Waals surface area contributed by atoms with Crippen LogP contribution in [0.25, 0.3) is 0 Å². The molecule has 1 amide bonds. The number of aryl methyl sites for hydroxylation is 1. The number of hydrogen-bond acceptors (Lipinski definition) is 7. The van der Waals surface area contributed by atoms with Gasteiger partial charge in [-0.15, -0.1) is 23.1 Å². The minimum atomic E-state index is 0.0737. The molecular weight excluding hydrogens is 312 g/mol. The van der Waals surface area contributed by atoms with Gasteiger partial charge in [0.25, 0.3) is 0 Å². The SMILES string of the molecule is Cc1nc(N)sc1SCc1csc(CC(=O)N(C)C)n1. The molecule has 0 aromatic carbocycles. The normalized spacial score (nSPS) is 10.8. The van der Waals surface area contributed by atoms with Crippen molar-refractivity contribution in [3.8, 4) is 0 Å². The second kappa shape index (κ2) is 6.55. The van der Waals surface area contributed by atoms with Crippen LogP contribution in [0.5, 0.6) is 0 Å². The smallest absolute Gasteiger partial charge is 0.228 e. The number of hydrogen-bond donors (Lipinski definition) is 1. The molecule has 0 saturated carbocycles. The highest BCUT2D eigenvalue weighted by Crippen LogP contribution is 2.32. The Balaban J connectivity index is 1.93. The monoisotopic (exact) mass is 328 g/mol. The molecule has 0 spiro atoms. The number of nitrogens with two attached hydrogens (primary N) is 1. The summed E-state index contributed by atoms with van der Waals surface area (Å²) in [6.07, 6.45) is 0.370. The molecule has 0 aliphatic heterocycles. The van der Waals surface area contributed by atoms with Gasteiger partial charge in [-0.2, -0.15) is 0 Å². The van der Waals surface area contributed by atoms with Crippen LogP contribution in [0.2, 0.25) is 0 Å². The number of thioether (sulfide) groups is 1. The lowest BCUT2D eigenvalue weighted by atomic mass is 10.4. The lowest BCUT2D eigenvalue weighted by molar-refractivity contribution is -0.127. The molecule has 0 bridgehead atoms. The highest BCUT2D eigenvalue weighted by atomic mass is 32.2. The van der Waals surface area contributed by atoms with Crippen LogP contribution in [0, 0.1) is 6.92 Å². The van der Waals surface area contributed by atoms with Gasteiger partial charge in [-0.1, -0.05) is 11.3 Å². The molecule has 0 atom stereocenters. The van der Waals surface area contributed by atoms with Crippen LogP contribution in [0.15, 0.2) is 9.59 Å². The van der Waals surface area contributed by atoms with Crippen molar-refractivity contribution in [2.45, 2.75) is 23.3 Å². The van der Waals surface area contributed by atoms with Crippen LogP contribution in [0.1, 0.15) is 16.4 Å². The van der Waals surface area contributed by atoms with Crippen molar-refractivity contribution < 1.29 is 4.79 Å². The molecule has 8 heteroatoms.